The molecule has 0 radical (unpaired) electrons. The maximum atomic E-state index is 14.1. The third-order valence-electron chi connectivity index (χ3n) is 14.0. The normalized spacial score (nSPS) is 18.3. The van der Waals surface area contributed by atoms with E-state index in [1.807, 2.05) is 63.5 Å². The summed E-state index contributed by atoms with van der Waals surface area (Å²) in [7, 11) is 1.51. The average molecular weight is 1070 g/mol. The number of ether oxygens (including phenoxy) is 1. The number of aliphatic hydroxyl groups excluding tert-OH is 1. The van der Waals surface area contributed by atoms with Gasteiger partial charge in [-0.1, -0.05) is 62.7 Å². The number of carbonyl (C=O) groups excluding carboxylic acids is 5. The van der Waals surface area contributed by atoms with Gasteiger partial charge in [0, 0.05) is 94.3 Å². The molecule has 3 aromatic carbocycles. The molecular formula is C54H65ClFN11O7S. The molecule has 0 unspecified atom stereocenters. The van der Waals surface area contributed by atoms with E-state index in [0.717, 1.165) is 60.7 Å². The Kier molecular flexibility index (Phi) is 17.8. The number of hydrogen-bond acceptors (Lipinski definition) is 14. The summed E-state index contributed by atoms with van der Waals surface area (Å²) in [6.07, 6.45) is 5.72. The van der Waals surface area contributed by atoms with Gasteiger partial charge in [-0.05, 0) is 73.7 Å². The molecule has 5 aromatic rings. The summed E-state index contributed by atoms with van der Waals surface area (Å²) in [5.41, 5.74) is 5.48. The molecule has 3 fully saturated rings. The number of β-amino-alcohol motifs (C(OH)–C–C–N with tert-alkyl or cyclic N) is 1. The van der Waals surface area contributed by atoms with E-state index in [2.05, 4.69) is 46.0 Å². The number of hydrogen-bond donors (Lipinski definition) is 5. The number of piperidine rings is 1. The minimum absolute atomic E-state index is 0.00281. The van der Waals surface area contributed by atoms with Crippen molar-refractivity contribution < 1.29 is 38.2 Å². The number of fused-ring (bicyclic) bond motifs is 1. The molecule has 3 atom stereocenters. The predicted octanol–water partition coefficient (Wildman–Crippen LogP) is 6.30. The molecule has 21 heteroatoms. The van der Waals surface area contributed by atoms with Crippen molar-refractivity contribution in [3.05, 3.63) is 101 Å². The molecule has 5 amide bonds. The van der Waals surface area contributed by atoms with Crippen LogP contribution in [-0.4, -0.2) is 153 Å². The summed E-state index contributed by atoms with van der Waals surface area (Å²) in [6, 6.07) is 14.0. The van der Waals surface area contributed by atoms with Gasteiger partial charge in [-0.25, -0.2) is 19.3 Å². The number of halogens is 2. The van der Waals surface area contributed by atoms with E-state index >= 15 is 0 Å². The second kappa shape index (κ2) is 24.4. The molecule has 5 N–H and O–H groups in total. The van der Waals surface area contributed by atoms with Gasteiger partial charge in [-0.15, -0.1) is 11.3 Å². The number of anilines is 3. The van der Waals surface area contributed by atoms with E-state index < -0.39 is 41.2 Å². The molecule has 0 aliphatic carbocycles. The van der Waals surface area contributed by atoms with Crippen molar-refractivity contribution >= 4 is 80.6 Å². The van der Waals surface area contributed by atoms with Crippen LogP contribution in [0.3, 0.4) is 0 Å². The van der Waals surface area contributed by atoms with Gasteiger partial charge in [-0.3, -0.25) is 33.8 Å². The maximum absolute atomic E-state index is 14.1. The van der Waals surface area contributed by atoms with E-state index in [4.69, 9.17) is 16.3 Å². The number of benzene rings is 3. The summed E-state index contributed by atoms with van der Waals surface area (Å²) in [6.45, 7) is 12.5. The Morgan fingerprint density at radius 1 is 0.960 bits per heavy atom. The zero-order chi connectivity index (χ0) is 53.4. The van der Waals surface area contributed by atoms with Crippen molar-refractivity contribution in [1.82, 2.24) is 45.2 Å². The number of aromatic nitrogens is 3. The van der Waals surface area contributed by atoms with Crippen molar-refractivity contribution in [2.75, 3.05) is 70.1 Å². The van der Waals surface area contributed by atoms with Crippen LogP contribution in [0.15, 0.2) is 78.6 Å². The number of carbonyl (C=O) groups is 5. The van der Waals surface area contributed by atoms with Crippen LogP contribution in [0.2, 0.25) is 5.02 Å². The summed E-state index contributed by atoms with van der Waals surface area (Å²) in [5, 5.41) is 23.1. The predicted molar refractivity (Wildman–Crippen MR) is 287 cm³/mol. The van der Waals surface area contributed by atoms with Crippen LogP contribution in [0.4, 0.5) is 21.6 Å². The molecule has 0 saturated carbocycles. The lowest BCUT2D eigenvalue weighted by atomic mass is 9.85. The van der Waals surface area contributed by atoms with Gasteiger partial charge in [0.2, 0.25) is 29.5 Å². The molecule has 0 spiro atoms. The number of nitrogens with one attached hydrogen (secondary N) is 4. The smallest absolute Gasteiger partial charge is 0.248 e. The van der Waals surface area contributed by atoms with E-state index in [0.29, 0.717) is 59.5 Å². The molecule has 0 bridgehead atoms. The van der Waals surface area contributed by atoms with Gasteiger partial charge in [-0.2, -0.15) is 0 Å². The first-order valence-corrected chi connectivity index (χ1v) is 26.5. The summed E-state index contributed by atoms with van der Waals surface area (Å²) >= 11 is 7.55. The number of piperazine rings is 1. The first-order valence-electron chi connectivity index (χ1n) is 25.3. The largest absolute Gasteiger partial charge is 0.494 e. The van der Waals surface area contributed by atoms with E-state index in [9.17, 15) is 33.5 Å². The Bertz CT molecular complexity index is 2900. The first-order chi connectivity index (χ1) is 35.9. The SMILES string of the molecule is COc1cc2ncnc(Nc3ccc(F)c(Cl)c3)c2cc1NC(=O)/C=C/CN1CCC(N2CCN(C(=O)CCC(=O)N[C@H](C(=O)N3C[C@H](O)C[C@H]3C(=O)NCc3ccc(-c4scnc4C)cc3)C(C)(C)C)CC2)CC1. The number of methoxy groups -OCH3 is 1. The van der Waals surface area contributed by atoms with Crippen molar-refractivity contribution in [1.29, 1.82) is 0 Å². The van der Waals surface area contributed by atoms with Gasteiger partial charge in [0.05, 0.1) is 45.5 Å². The molecular weight excluding hydrogens is 1000 g/mol. The van der Waals surface area contributed by atoms with Crippen LogP contribution in [-0.2, 0) is 30.5 Å². The highest BCUT2D eigenvalue weighted by Crippen LogP contribution is 2.34. The van der Waals surface area contributed by atoms with E-state index in [1.165, 1.54) is 36.5 Å². The summed E-state index contributed by atoms with van der Waals surface area (Å²) < 4.78 is 19.3. The van der Waals surface area contributed by atoms with Crippen LogP contribution in [0.5, 0.6) is 5.75 Å². The van der Waals surface area contributed by atoms with E-state index in [-0.39, 0.29) is 55.1 Å². The van der Waals surface area contributed by atoms with Gasteiger partial charge in [0.25, 0.3) is 0 Å². The second-order valence-corrected chi connectivity index (χ2v) is 21.6. The number of aryl methyl sites for hydroxylation is 1. The minimum Gasteiger partial charge on any atom is -0.494 e. The number of likely N-dealkylation sites (tertiary alicyclic amines) is 2. The molecule has 3 saturated heterocycles. The van der Waals surface area contributed by atoms with Crippen LogP contribution < -0.4 is 26.0 Å². The van der Waals surface area contributed by atoms with Crippen molar-refractivity contribution in [2.24, 2.45) is 5.41 Å². The average Bonchev–Trinajstić information content (AvgIpc) is 4.02. The summed E-state index contributed by atoms with van der Waals surface area (Å²) in [5.74, 6) is -1.40. The first kappa shape index (κ1) is 54.7. The van der Waals surface area contributed by atoms with Crippen LogP contribution in [0.1, 0.15) is 64.1 Å². The Morgan fingerprint density at radius 3 is 2.39 bits per heavy atom. The molecule has 3 aliphatic heterocycles. The number of thiazole rings is 1. The lowest BCUT2D eigenvalue weighted by Gasteiger charge is -2.42. The fourth-order valence-corrected chi connectivity index (χ4v) is 10.8. The zero-order valence-electron chi connectivity index (χ0n) is 42.9. The zero-order valence-corrected chi connectivity index (χ0v) is 44.5. The monoisotopic (exact) mass is 1070 g/mol. The minimum atomic E-state index is -0.993. The highest BCUT2D eigenvalue weighted by Gasteiger charge is 2.44. The number of amides is 5. The van der Waals surface area contributed by atoms with Gasteiger partial charge >= 0.3 is 0 Å². The number of aliphatic hydroxyl groups is 1. The van der Waals surface area contributed by atoms with Gasteiger partial charge in [0.1, 0.15) is 35.8 Å². The Morgan fingerprint density at radius 2 is 1.71 bits per heavy atom. The number of rotatable bonds is 17. The van der Waals surface area contributed by atoms with Crippen molar-refractivity contribution in [3.63, 3.8) is 0 Å². The maximum Gasteiger partial charge on any atom is 0.248 e. The van der Waals surface area contributed by atoms with Gasteiger partial charge in [0.15, 0.2) is 0 Å². The van der Waals surface area contributed by atoms with Crippen LogP contribution in [0.25, 0.3) is 21.3 Å². The fourth-order valence-electron chi connectivity index (χ4n) is 9.84. The van der Waals surface area contributed by atoms with E-state index in [1.54, 1.807) is 34.4 Å². The van der Waals surface area contributed by atoms with Gasteiger partial charge < -0.3 is 40.9 Å². The topological polar surface area (TPSA) is 215 Å². The molecule has 8 rings (SSSR count). The lowest BCUT2D eigenvalue weighted by molar-refractivity contribution is -0.144. The van der Waals surface area contributed by atoms with Crippen LogP contribution >= 0.6 is 22.9 Å². The quantitative estimate of drug-likeness (QED) is 0.0648. The Hall–Kier alpha value is -6.58. The molecule has 2 aromatic heterocycles. The Balaban J connectivity index is 0.748. The Labute approximate surface area is 445 Å². The third-order valence-corrected chi connectivity index (χ3v) is 15.3. The molecule has 398 valence electrons. The lowest BCUT2D eigenvalue weighted by Crippen LogP contribution is -2.57. The standard InChI is InChI=1S/C54H65ClFN11O7S/c1-33-49(75-32-60-33)35-10-8-34(9-11-35)29-57-52(72)44-26-38(68)30-67(44)53(73)50(54(2,3)4)63-47(70)14-15-48(71)66-23-21-65(22-24-66)37-16-19-64(20-17-37)18-6-7-46(69)62-43-27-39-42(28-45(43)74-5)58-31-59-51(39)61-36-12-13-41(56)40(55)25-36/h6-13,25,27-28,31-32,37-38,44,50,68H,14-24,26,29-30H2,1-5H3,(H,57,72)(H,62,69)(H,63,70)(H,58,59,61)/b7-6+/t38-,44+,50-/m1/s1. The molecule has 5 heterocycles. The highest BCUT2D eigenvalue weighted by molar-refractivity contribution is 7.13. The third kappa shape index (κ3) is 13.8. The fraction of sp³-hybridized carbons (Fsp3) is 0.444. The molecule has 3 aliphatic rings. The molecule has 18 nitrogen and oxygen atoms in total. The second-order valence-electron chi connectivity index (χ2n) is 20.3. The van der Waals surface area contributed by atoms with Crippen molar-refractivity contribution in [3.8, 4) is 16.2 Å². The van der Waals surface area contributed by atoms with Crippen molar-refractivity contribution in [2.45, 2.75) is 90.6 Å². The highest BCUT2D eigenvalue weighted by atomic mass is 35.5. The number of nitrogens with zero attached hydrogens (tertiary/aromatic N) is 7. The van der Waals surface area contributed by atoms with Crippen LogP contribution in [0, 0.1) is 18.2 Å². The summed E-state index contributed by atoms with van der Waals surface area (Å²) in [4.78, 5) is 89.6. The molecule has 75 heavy (non-hydrogen) atoms.